The average molecular weight is 761 g/mol. The first kappa shape index (κ1) is 35.5. The molecule has 256 valence electrons. The normalized spacial score (nSPS) is 12.4. The van der Waals surface area contributed by atoms with Crippen LogP contribution >= 0.6 is 22.7 Å². The molecule has 0 radical (unpaired) electrons. The van der Waals surface area contributed by atoms with Gasteiger partial charge in [0, 0.05) is 41.2 Å². The molecular formula is C34H4F12N4S2. The van der Waals surface area contributed by atoms with Gasteiger partial charge in [0.25, 0.3) is 5.70 Å². The van der Waals surface area contributed by atoms with Gasteiger partial charge < -0.3 is 0 Å². The van der Waals surface area contributed by atoms with E-state index in [9.17, 15) is 41.3 Å². The van der Waals surface area contributed by atoms with Crippen molar-refractivity contribution in [3.63, 3.8) is 0 Å². The summed E-state index contributed by atoms with van der Waals surface area (Å²) < 4.78 is 174. The molecule has 0 saturated carbocycles. The van der Waals surface area contributed by atoms with E-state index in [4.69, 9.17) is 13.1 Å². The lowest BCUT2D eigenvalue weighted by atomic mass is 10.0. The second-order valence-electron chi connectivity index (χ2n) is 10.3. The van der Waals surface area contributed by atoms with Crippen molar-refractivity contribution >= 4 is 54.2 Å². The molecule has 52 heavy (non-hydrogen) atoms. The maximum atomic E-state index is 15.4. The standard InChI is InChI=1S/C34H4F12N4S2/c1-49-15(8-48)18-11-4-16(20-22(37)26(41)30(45)27(42)23(20)38)52-34(11)19(32(50-2)10-3-9(7-47)13(35)6-14(10)36)12-5-17(51-33(12)18)21-24(39)28(43)31(46)29(44)25(21)40/h3-6H/b18-15-,32-19+. The minimum Gasteiger partial charge on any atom is -0.237 e. The Labute approximate surface area is 288 Å². The van der Waals surface area contributed by atoms with E-state index in [0.29, 0.717) is 6.07 Å². The summed E-state index contributed by atoms with van der Waals surface area (Å²) in [6.45, 7) is 15.5. The van der Waals surface area contributed by atoms with Crippen molar-refractivity contribution in [1.82, 2.24) is 0 Å². The minimum absolute atomic E-state index is 0.171. The van der Waals surface area contributed by atoms with E-state index < -0.39 is 144 Å². The van der Waals surface area contributed by atoms with Crippen LogP contribution in [0.1, 0.15) is 11.1 Å². The summed E-state index contributed by atoms with van der Waals surface area (Å²) in [5, 5.41) is 17.2. The van der Waals surface area contributed by atoms with Crippen LogP contribution in [0, 0.1) is 106 Å². The number of thiophene rings is 2. The molecule has 4 aromatic carbocycles. The van der Waals surface area contributed by atoms with Crippen LogP contribution in [-0.2, 0) is 0 Å². The van der Waals surface area contributed by atoms with Crippen molar-refractivity contribution in [3.05, 3.63) is 138 Å². The van der Waals surface area contributed by atoms with Gasteiger partial charge in [-0.15, -0.1) is 22.7 Å². The highest BCUT2D eigenvalue weighted by Gasteiger charge is 2.31. The summed E-state index contributed by atoms with van der Waals surface area (Å²) in [6, 6.07) is 5.17. The van der Waals surface area contributed by atoms with E-state index in [1.165, 1.54) is 12.1 Å². The molecule has 0 aliphatic rings. The number of hydrogen-bond donors (Lipinski definition) is 0. The van der Waals surface area contributed by atoms with Gasteiger partial charge in [-0.1, -0.05) is 0 Å². The second-order valence-corrected chi connectivity index (χ2v) is 12.4. The Morgan fingerprint density at radius 1 is 0.538 bits per heavy atom. The van der Waals surface area contributed by atoms with E-state index in [0.717, 1.165) is 12.1 Å². The van der Waals surface area contributed by atoms with Crippen LogP contribution in [0.3, 0.4) is 0 Å². The quantitative estimate of drug-likeness (QED) is 0.0782. The number of hydrogen-bond acceptors (Lipinski definition) is 4. The minimum atomic E-state index is -2.51. The average Bonchev–Trinajstić information content (AvgIpc) is 3.75. The molecule has 4 nitrogen and oxygen atoms in total. The van der Waals surface area contributed by atoms with Crippen LogP contribution < -0.4 is 10.4 Å². The molecular weight excluding hydrogens is 757 g/mol. The summed E-state index contributed by atoms with van der Waals surface area (Å²) >= 11 is 0.357. The lowest BCUT2D eigenvalue weighted by molar-refractivity contribution is 0.381. The molecule has 6 aromatic rings. The van der Waals surface area contributed by atoms with E-state index in [-0.39, 0.29) is 28.7 Å². The van der Waals surface area contributed by atoms with Crippen LogP contribution in [0.25, 0.3) is 62.1 Å². The fourth-order valence-electron chi connectivity index (χ4n) is 5.33. The first-order valence-electron chi connectivity index (χ1n) is 13.5. The van der Waals surface area contributed by atoms with Crippen molar-refractivity contribution in [3.8, 4) is 33.0 Å². The van der Waals surface area contributed by atoms with Crippen LogP contribution in [0.5, 0.6) is 0 Å². The van der Waals surface area contributed by atoms with Crippen molar-refractivity contribution < 1.29 is 52.7 Å². The molecule has 0 unspecified atom stereocenters. The highest BCUT2D eigenvalue weighted by molar-refractivity contribution is 7.24. The van der Waals surface area contributed by atoms with E-state index in [1.54, 1.807) is 0 Å². The predicted molar refractivity (Wildman–Crippen MR) is 163 cm³/mol. The van der Waals surface area contributed by atoms with Crippen LogP contribution in [0.15, 0.2) is 24.3 Å². The highest BCUT2D eigenvalue weighted by Crippen LogP contribution is 2.42. The molecule has 0 aliphatic heterocycles. The number of nitrogens with zero attached hydrogens (tertiary/aromatic N) is 4. The fourth-order valence-corrected chi connectivity index (χ4v) is 7.85. The summed E-state index contributed by atoms with van der Waals surface area (Å²) in [5.74, 6) is -26.6. The van der Waals surface area contributed by atoms with Gasteiger partial charge in [-0.3, -0.25) is 0 Å². The zero-order valence-corrected chi connectivity index (χ0v) is 26.1. The summed E-state index contributed by atoms with van der Waals surface area (Å²) in [6.07, 6.45) is 0. The third-order valence-corrected chi connectivity index (χ3v) is 9.94. The maximum Gasteiger partial charge on any atom is 0.271 e. The Balaban J connectivity index is 1.97. The summed E-state index contributed by atoms with van der Waals surface area (Å²) in [5.41, 5.74) is -6.40. The van der Waals surface area contributed by atoms with Crippen molar-refractivity contribution in [2.45, 2.75) is 0 Å². The number of benzene rings is 4. The molecule has 0 bridgehead atoms. The van der Waals surface area contributed by atoms with Gasteiger partial charge in [0.15, 0.2) is 46.5 Å². The van der Waals surface area contributed by atoms with Gasteiger partial charge in [-0.25, -0.2) is 67.6 Å². The third-order valence-electron chi connectivity index (χ3n) is 7.60. The van der Waals surface area contributed by atoms with E-state index in [1.807, 2.05) is 0 Å². The predicted octanol–water partition coefficient (Wildman–Crippen LogP) is 9.62. The molecule has 0 amide bonds. The highest BCUT2D eigenvalue weighted by atomic mass is 32.1. The molecule has 6 rings (SSSR count). The Kier molecular flexibility index (Phi) is 8.71. The third kappa shape index (κ3) is 5.03. The molecule has 0 saturated heterocycles. The molecule has 2 heterocycles. The van der Waals surface area contributed by atoms with E-state index in [2.05, 4.69) is 9.69 Å². The fraction of sp³-hybridized carbons (Fsp3) is 0. The lowest BCUT2D eigenvalue weighted by Crippen LogP contribution is -2.16. The van der Waals surface area contributed by atoms with Gasteiger partial charge in [-0.05, 0) is 29.0 Å². The van der Waals surface area contributed by atoms with Gasteiger partial charge >= 0.3 is 0 Å². The SMILES string of the molecule is [C-]#[N+]/C(C#N)=c1/c2cc(-c3c(F)c(F)c(F)c(F)c3F)sc2/c(=C(/[N+]#[C-])c2cc(C#N)c(F)cc2F)c2cc(-c3c(F)c(F)c(F)c(F)c3F)sc12. The van der Waals surface area contributed by atoms with Crippen molar-refractivity contribution in [1.29, 1.82) is 10.5 Å². The second kappa shape index (κ2) is 12.8. The molecule has 0 fully saturated rings. The summed E-state index contributed by atoms with van der Waals surface area (Å²) in [7, 11) is 0. The Hall–Kier alpha value is -6.34. The first-order valence-corrected chi connectivity index (χ1v) is 15.1. The van der Waals surface area contributed by atoms with Crippen molar-refractivity contribution in [2.24, 2.45) is 0 Å². The molecule has 18 heteroatoms. The largest absolute Gasteiger partial charge is 0.271 e. The monoisotopic (exact) mass is 760 g/mol. The van der Waals surface area contributed by atoms with Gasteiger partial charge in [0.05, 0.1) is 35.9 Å². The molecule has 0 N–H and O–H groups in total. The smallest absolute Gasteiger partial charge is 0.237 e. The van der Waals surface area contributed by atoms with E-state index >= 15 is 22.0 Å². The van der Waals surface area contributed by atoms with Gasteiger partial charge in [0.2, 0.25) is 17.3 Å². The lowest BCUT2D eigenvalue weighted by Gasteiger charge is -2.07. The molecule has 0 atom stereocenters. The Bertz CT molecular complexity index is 2730. The number of nitriles is 2. The number of fused-ring (bicyclic) bond motifs is 2. The first-order chi connectivity index (χ1) is 24.6. The zero-order chi connectivity index (χ0) is 38.1. The zero-order valence-electron chi connectivity index (χ0n) is 24.5. The number of rotatable bonds is 3. The van der Waals surface area contributed by atoms with Crippen LogP contribution in [0.2, 0.25) is 0 Å². The summed E-state index contributed by atoms with van der Waals surface area (Å²) in [4.78, 5) is 4.79. The molecule has 2 aromatic heterocycles. The van der Waals surface area contributed by atoms with Crippen LogP contribution in [0.4, 0.5) is 52.7 Å². The van der Waals surface area contributed by atoms with Crippen molar-refractivity contribution in [2.75, 3.05) is 0 Å². The van der Waals surface area contributed by atoms with Crippen LogP contribution in [-0.4, -0.2) is 0 Å². The Morgan fingerprint density at radius 3 is 1.37 bits per heavy atom. The maximum absolute atomic E-state index is 15.4. The molecule has 0 spiro atoms. The number of halogens is 12. The molecule has 0 aliphatic carbocycles. The topological polar surface area (TPSA) is 56.3 Å². The Morgan fingerprint density at radius 2 is 0.962 bits per heavy atom. The van der Waals surface area contributed by atoms with Gasteiger partial charge in [-0.2, -0.15) is 5.26 Å². The van der Waals surface area contributed by atoms with Gasteiger partial charge in [0.1, 0.15) is 17.7 Å².